The Morgan fingerprint density at radius 1 is 1.27 bits per heavy atom. The fraction of sp³-hybridized carbons (Fsp3) is 0.667. The zero-order valence-electron chi connectivity index (χ0n) is 7.73. The Morgan fingerprint density at radius 3 is 2.09 bits per heavy atom. The summed E-state index contributed by atoms with van der Waals surface area (Å²) in [6, 6.07) is 0. The smallest absolute Gasteiger partial charge is 0.333 e. The van der Waals surface area contributed by atoms with Gasteiger partial charge in [0.1, 0.15) is 0 Å². The van der Waals surface area contributed by atoms with Gasteiger partial charge in [-0.25, -0.2) is 4.79 Å². The van der Waals surface area contributed by atoms with Crippen LogP contribution in [0.5, 0.6) is 0 Å². The first-order valence-corrected chi connectivity index (χ1v) is 3.94. The number of ether oxygens (including phenoxy) is 1. The quantitative estimate of drug-likeness (QED) is 0.463. The molecule has 0 rings (SSSR count). The molecule has 0 aliphatic heterocycles. The van der Waals surface area contributed by atoms with Gasteiger partial charge < -0.3 is 4.74 Å². The van der Waals surface area contributed by atoms with Gasteiger partial charge in [-0.1, -0.05) is 19.4 Å². The first kappa shape index (κ1) is 10.2. The molecule has 0 aromatic carbocycles. The summed E-state index contributed by atoms with van der Waals surface area (Å²) < 4.78 is 4.63. The number of esters is 1. The topological polar surface area (TPSA) is 26.3 Å². The lowest BCUT2D eigenvalue weighted by molar-refractivity contribution is -0.136. The van der Waals surface area contributed by atoms with Crippen molar-refractivity contribution < 1.29 is 9.53 Å². The number of hydrogen-bond donors (Lipinski definition) is 0. The standard InChI is InChI=1S/C9H16O2/c1-5-7(3)8(6-2)9(10)11-4/h5-6H2,1-4H3. The van der Waals surface area contributed by atoms with Gasteiger partial charge in [0.2, 0.25) is 0 Å². The highest BCUT2D eigenvalue weighted by atomic mass is 16.5. The maximum absolute atomic E-state index is 11.1. The van der Waals surface area contributed by atoms with E-state index in [1.54, 1.807) is 0 Å². The van der Waals surface area contributed by atoms with E-state index in [4.69, 9.17) is 0 Å². The molecule has 0 N–H and O–H groups in total. The van der Waals surface area contributed by atoms with Gasteiger partial charge in [-0.05, 0) is 19.8 Å². The summed E-state index contributed by atoms with van der Waals surface area (Å²) >= 11 is 0. The molecule has 0 heterocycles. The number of carbonyl (C=O) groups is 1. The highest BCUT2D eigenvalue weighted by Crippen LogP contribution is 2.12. The average Bonchev–Trinajstić information content (AvgIpc) is 2.05. The van der Waals surface area contributed by atoms with Gasteiger partial charge in [-0.3, -0.25) is 0 Å². The molecule has 0 amide bonds. The summed E-state index contributed by atoms with van der Waals surface area (Å²) in [5, 5.41) is 0. The van der Waals surface area contributed by atoms with Gasteiger partial charge in [-0.2, -0.15) is 0 Å². The summed E-state index contributed by atoms with van der Waals surface area (Å²) in [4.78, 5) is 11.1. The molecule has 2 nitrogen and oxygen atoms in total. The SMILES string of the molecule is CCC(C)=C(CC)C(=O)OC. The molecule has 0 bridgehead atoms. The minimum atomic E-state index is -0.188. The van der Waals surface area contributed by atoms with Gasteiger partial charge in [0, 0.05) is 5.57 Å². The lowest BCUT2D eigenvalue weighted by atomic mass is 10.1. The second kappa shape index (κ2) is 4.94. The van der Waals surface area contributed by atoms with Crippen molar-refractivity contribution in [3.63, 3.8) is 0 Å². The zero-order chi connectivity index (χ0) is 8.85. The summed E-state index contributed by atoms with van der Waals surface area (Å²) in [7, 11) is 1.42. The Bertz CT molecular complexity index is 168. The summed E-state index contributed by atoms with van der Waals surface area (Å²) in [5.74, 6) is -0.188. The van der Waals surface area contributed by atoms with E-state index >= 15 is 0 Å². The molecule has 0 aromatic heterocycles. The van der Waals surface area contributed by atoms with Crippen LogP contribution in [0.25, 0.3) is 0 Å². The van der Waals surface area contributed by atoms with Crippen molar-refractivity contribution in [1.82, 2.24) is 0 Å². The normalized spacial score (nSPS) is 12.4. The highest BCUT2D eigenvalue weighted by Gasteiger charge is 2.08. The number of methoxy groups -OCH3 is 1. The van der Waals surface area contributed by atoms with E-state index in [0.717, 1.165) is 24.0 Å². The Hall–Kier alpha value is -0.790. The first-order valence-electron chi connectivity index (χ1n) is 3.94. The fourth-order valence-electron chi connectivity index (χ4n) is 0.957. The molecule has 64 valence electrons. The number of rotatable bonds is 3. The third kappa shape index (κ3) is 2.74. The van der Waals surface area contributed by atoms with Crippen LogP contribution in [-0.2, 0) is 9.53 Å². The molecule has 0 radical (unpaired) electrons. The average molecular weight is 156 g/mol. The van der Waals surface area contributed by atoms with Crippen LogP contribution in [0.1, 0.15) is 33.6 Å². The molecule has 2 heteroatoms. The Kier molecular flexibility index (Phi) is 4.59. The number of hydrogen-bond acceptors (Lipinski definition) is 2. The van der Waals surface area contributed by atoms with Crippen LogP contribution in [0.2, 0.25) is 0 Å². The molecule has 0 atom stereocenters. The highest BCUT2D eigenvalue weighted by molar-refractivity contribution is 5.89. The molecule has 0 unspecified atom stereocenters. The van der Waals surface area contributed by atoms with E-state index in [1.165, 1.54) is 7.11 Å². The van der Waals surface area contributed by atoms with E-state index in [0.29, 0.717) is 0 Å². The molecule has 0 fully saturated rings. The number of carbonyl (C=O) groups excluding carboxylic acids is 1. The van der Waals surface area contributed by atoms with E-state index in [1.807, 2.05) is 20.8 Å². The van der Waals surface area contributed by atoms with Gasteiger partial charge >= 0.3 is 5.97 Å². The van der Waals surface area contributed by atoms with Crippen LogP contribution in [-0.4, -0.2) is 13.1 Å². The third-order valence-corrected chi connectivity index (χ3v) is 1.83. The second-order valence-electron chi connectivity index (χ2n) is 2.46. The molecular weight excluding hydrogens is 140 g/mol. The van der Waals surface area contributed by atoms with Crippen LogP contribution in [0, 0.1) is 0 Å². The van der Waals surface area contributed by atoms with Crippen molar-refractivity contribution >= 4 is 5.97 Å². The van der Waals surface area contributed by atoms with E-state index in [9.17, 15) is 4.79 Å². The fourth-order valence-corrected chi connectivity index (χ4v) is 0.957. The second-order valence-corrected chi connectivity index (χ2v) is 2.46. The molecule has 0 saturated heterocycles. The van der Waals surface area contributed by atoms with E-state index in [-0.39, 0.29) is 5.97 Å². The monoisotopic (exact) mass is 156 g/mol. The van der Waals surface area contributed by atoms with Crippen molar-refractivity contribution in [1.29, 1.82) is 0 Å². The summed E-state index contributed by atoms with van der Waals surface area (Å²) in [5.41, 5.74) is 1.94. The van der Waals surface area contributed by atoms with Crippen molar-refractivity contribution in [2.45, 2.75) is 33.6 Å². The minimum absolute atomic E-state index is 0.188. The van der Waals surface area contributed by atoms with Gasteiger partial charge in [-0.15, -0.1) is 0 Å². The van der Waals surface area contributed by atoms with Crippen LogP contribution in [0.4, 0.5) is 0 Å². The van der Waals surface area contributed by atoms with Crippen molar-refractivity contribution in [3.05, 3.63) is 11.1 Å². The maximum Gasteiger partial charge on any atom is 0.333 e. The van der Waals surface area contributed by atoms with Crippen molar-refractivity contribution in [3.8, 4) is 0 Å². The molecule has 0 spiro atoms. The van der Waals surface area contributed by atoms with Crippen LogP contribution in [0.15, 0.2) is 11.1 Å². The Morgan fingerprint density at radius 2 is 1.82 bits per heavy atom. The Balaban J connectivity index is 4.50. The lowest BCUT2D eigenvalue weighted by Crippen LogP contribution is -2.05. The predicted octanol–water partition coefficient (Wildman–Crippen LogP) is 2.30. The number of allylic oxidation sites excluding steroid dienone is 1. The first-order chi connectivity index (χ1) is 5.17. The predicted molar refractivity (Wildman–Crippen MR) is 45.3 cm³/mol. The molecule has 0 aliphatic rings. The lowest BCUT2D eigenvalue weighted by Gasteiger charge is -2.05. The molecule has 0 aromatic rings. The molecule has 0 aliphatic carbocycles. The summed E-state index contributed by atoms with van der Waals surface area (Å²) in [6.45, 7) is 5.97. The van der Waals surface area contributed by atoms with Crippen LogP contribution in [0.3, 0.4) is 0 Å². The van der Waals surface area contributed by atoms with Gasteiger partial charge in [0.25, 0.3) is 0 Å². The zero-order valence-corrected chi connectivity index (χ0v) is 7.73. The van der Waals surface area contributed by atoms with Gasteiger partial charge in [0.05, 0.1) is 7.11 Å². The Labute approximate surface area is 68.2 Å². The van der Waals surface area contributed by atoms with Crippen molar-refractivity contribution in [2.75, 3.05) is 7.11 Å². The third-order valence-electron chi connectivity index (χ3n) is 1.83. The largest absolute Gasteiger partial charge is 0.466 e. The van der Waals surface area contributed by atoms with Crippen LogP contribution < -0.4 is 0 Å². The van der Waals surface area contributed by atoms with E-state index in [2.05, 4.69) is 4.74 Å². The van der Waals surface area contributed by atoms with Crippen molar-refractivity contribution in [2.24, 2.45) is 0 Å². The molecular formula is C9H16O2. The summed E-state index contributed by atoms with van der Waals surface area (Å²) in [6.07, 6.45) is 1.67. The van der Waals surface area contributed by atoms with E-state index < -0.39 is 0 Å². The van der Waals surface area contributed by atoms with Crippen LogP contribution >= 0.6 is 0 Å². The minimum Gasteiger partial charge on any atom is -0.466 e. The van der Waals surface area contributed by atoms with Gasteiger partial charge in [0.15, 0.2) is 0 Å². The molecule has 0 saturated carbocycles. The molecule has 11 heavy (non-hydrogen) atoms. The maximum atomic E-state index is 11.1.